The maximum atomic E-state index is 9.39. The van der Waals surface area contributed by atoms with Gasteiger partial charge >= 0.3 is 0 Å². The summed E-state index contributed by atoms with van der Waals surface area (Å²) >= 11 is 0. The second kappa shape index (κ2) is 4.90. The third-order valence-corrected chi connectivity index (χ3v) is 2.88. The van der Waals surface area contributed by atoms with Gasteiger partial charge in [0.2, 0.25) is 0 Å². The number of rotatable bonds is 2. The minimum Gasteiger partial charge on any atom is -0.393 e. The smallest absolute Gasteiger partial charge is 0.166 e. The first kappa shape index (κ1) is 10.8. The van der Waals surface area contributed by atoms with Crippen molar-refractivity contribution in [3.63, 3.8) is 0 Å². The lowest BCUT2D eigenvalue weighted by molar-refractivity contribution is 0.126. The molecule has 0 aromatic carbocycles. The van der Waals surface area contributed by atoms with Crippen LogP contribution in [-0.4, -0.2) is 27.4 Å². The number of aliphatic hydroxyl groups is 1. The topological polar surface area (TPSA) is 81.8 Å². The number of nitrogens with one attached hydrogen (secondary N) is 1. The maximum absolute atomic E-state index is 9.39. The Kier molecular flexibility index (Phi) is 3.32. The predicted molar refractivity (Wildman–Crippen MR) is 58.6 cm³/mol. The molecule has 1 aromatic heterocycles. The van der Waals surface area contributed by atoms with E-state index in [1.807, 2.05) is 0 Å². The molecule has 1 saturated carbocycles. The summed E-state index contributed by atoms with van der Waals surface area (Å²) in [5.74, 6) is 0.548. The van der Waals surface area contributed by atoms with E-state index in [1.54, 1.807) is 6.07 Å². The van der Waals surface area contributed by atoms with Gasteiger partial charge < -0.3 is 10.4 Å². The van der Waals surface area contributed by atoms with Crippen LogP contribution >= 0.6 is 0 Å². The van der Waals surface area contributed by atoms with Gasteiger partial charge in [-0.3, -0.25) is 0 Å². The van der Waals surface area contributed by atoms with Crippen molar-refractivity contribution in [2.45, 2.75) is 37.8 Å². The van der Waals surface area contributed by atoms with E-state index in [2.05, 4.69) is 21.6 Å². The summed E-state index contributed by atoms with van der Waals surface area (Å²) in [6.45, 7) is 0. The van der Waals surface area contributed by atoms with Gasteiger partial charge in [0.15, 0.2) is 5.82 Å². The molecule has 0 radical (unpaired) electrons. The molecule has 2 N–H and O–H groups in total. The minimum absolute atomic E-state index is 0.171. The third kappa shape index (κ3) is 2.47. The Morgan fingerprint density at radius 1 is 1.38 bits per heavy atom. The molecular formula is C11H14N4O. The number of aliphatic hydroxyl groups excluding tert-OH is 1. The Morgan fingerprint density at radius 2 is 2.12 bits per heavy atom. The number of nitrogens with zero attached hydrogens (tertiary/aromatic N) is 3. The molecule has 0 amide bonds. The molecule has 0 bridgehead atoms. The lowest BCUT2D eigenvalue weighted by Gasteiger charge is -2.26. The molecule has 0 spiro atoms. The molecule has 0 unspecified atom stereocenters. The van der Waals surface area contributed by atoms with Gasteiger partial charge in [0.05, 0.1) is 17.9 Å². The highest BCUT2D eigenvalue weighted by molar-refractivity contribution is 5.50. The zero-order valence-corrected chi connectivity index (χ0v) is 8.93. The Bertz CT molecular complexity index is 393. The Hall–Kier alpha value is -1.67. The van der Waals surface area contributed by atoms with Crippen LogP contribution in [0.2, 0.25) is 0 Å². The molecular weight excluding hydrogens is 204 g/mol. The first-order valence-corrected chi connectivity index (χ1v) is 5.46. The Balaban J connectivity index is 2.01. The molecule has 5 nitrogen and oxygen atoms in total. The summed E-state index contributed by atoms with van der Waals surface area (Å²) < 4.78 is 0. The maximum Gasteiger partial charge on any atom is 0.166 e. The molecule has 1 aliphatic rings. The Morgan fingerprint density at radius 3 is 2.81 bits per heavy atom. The zero-order valence-electron chi connectivity index (χ0n) is 8.93. The SMILES string of the molecule is N#Cc1ccnnc1NC1CCC(O)CC1. The monoisotopic (exact) mass is 218 g/mol. The second-order valence-electron chi connectivity index (χ2n) is 4.06. The normalized spacial score (nSPS) is 24.8. The predicted octanol–water partition coefficient (Wildman–Crippen LogP) is 1.06. The van der Waals surface area contributed by atoms with Crippen molar-refractivity contribution < 1.29 is 5.11 Å². The number of anilines is 1. The van der Waals surface area contributed by atoms with Crippen LogP contribution in [0.3, 0.4) is 0 Å². The van der Waals surface area contributed by atoms with Gasteiger partial charge in [-0.25, -0.2) is 0 Å². The summed E-state index contributed by atoms with van der Waals surface area (Å²) in [6, 6.07) is 4.01. The van der Waals surface area contributed by atoms with E-state index in [-0.39, 0.29) is 12.1 Å². The molecule has 16 heavy (non-hydrogen) atoms. The highest BCUT2D eigenvalue weighted by Gasteiger charge is 2.20. The van der Waals surface area contributed by atoms with Crippen molar-refractivity contribution in [1.29, 1.82) is 5.26 Å². The fraction of sp³-hybridized carbons (Fsp3) is 0.545. The largest absolute Gasteiger partial charge is 0.393 e. The molecule has 0 aliphatic heterocycles. The van der Waals surface area contributed by atoms with Crippen LogP contribution in [0, 0.1) is 11.3 Å². The average molecular weight is 218 g/mol. The fourth-order valence-corrected chi connectivity index (χ4v) is 1.94. The number of aromatic nitrogens is 2. The van der Waals surface area contributed by atoms with E-state index in [9.17, 15) is 5.11 Å². The van der Waals surface area contributed by atoms with E-state index in [4.69, 9.17) is 5.26 Å². The Labute approximate surface area is 94.1 Å². The van der Waals surface area contributed by atoms with Crippen LogP contribution < -0.4 is 5.32 Å². The van der Waals surface area contributed by atoms with Crippen molar-refractivity contribution in [2.75, 3.05) is 5.32 Å². The summed E-state index contributed by atoms with van der Waals surface area (Å²) in [7, 11) is 0. The fourth-order valence-electron chi connectivity index (χ4n) is 1.94. The van der Waals surface area contributed by atoms with Crippen LogP contribution in [0.15, 0.2) is 12.3 Å². The van der Waals surface area contributed by atoms with Gasteiger partial charge in [0.25, 0.3) is 0 Å². The van der Waals surface area contributed by atoms with Crippen molar-refractivity contribution in [1.82, 2.24) is 10.2 Å². The standard InChI is InChI=1S/C11H14N4O/c12-7-8-5-6-13-15-11(8)14-9-1-3-10(16)4-2-9/h5-6,9-10,16H,1-4H2,(H,14,15). The number of hydrogen-bond donors (Lipinski definition) is 2. The quantitative estimate of drug-likeness (QED) is 0.775. The summed E-state index contributed by atoms with van der Waals surface area (Å²) in [5.41, 5.74) is 0.515. The molecule has 84 valence electrons. The lowest BCUT2D eigenvalue weighted by Crippen LogP contribution is -2.28. The van der Waals surface area contributed by atoms with E-state index in [0.29, 0.717) is 11.4 Å². The first-order valence-electron chi connectivity index (χ1n) is 5.46. The van der Waals surface area contributed by atoms with Gasteiger partial charge in [-0.2, -0.15) is 10.4 Å². The highest BCUT2D eigenvalue weighted by Crippen LogP contribution is 2.22. The van der Waals surface area contributed by atoms with Gasteiger partial charge in [-0.15, -0.1) is 5.10 Å². The molecule has 1 heterocycles. The molecule has 1 fully saturated rings. The lowest BCUT2D eigenvalue weighted by atomic mass is 9.93. The molecule has 0 saturated heterocycles. The molecule has 0 atom stereocenters. The number of nitriles is 1. The summed E-state index contributed by atoms with van der Waals surface area (Å²) in [5, 5.41) is 29.2. The van der Waals surface area contributed by atoms with E-state index >= 15 is 0 Å². The van der Waals surface area contributed by atoms with Gasteiger partial charge in [-0.1, -0.05) is 0 Å². The van der Waals surface area contributed by atoms with Crippen LogP contribution in [0.1, 0.15) is 31.2 Å². The first-order chi connectivity index (χ1) is 7.79. The molecule has 5 heteroatoms. The van der Waals surface area contributed by atoms with Crippen LogP contribution in [0.5, 0.6) is 0 Å². The second-order valence-corrected chi connectivity index (χ2v) is 4.06. The summed E-state index contributed by atoms with van der Waals surface area (Å²) in [4.78, 5) is 0. The van der Waals surface area contributed by atoms with E-state index in [0.717, 1.165) is 25.7 Å². The molecule has 1 aliphatic carbocycles. The van der Waals surface area contributed by atoms with Crippen molar-refractivity contribution in [3.8, 4) is 6.07 Å². The van der Waals surface area contributed by atoms with Crippen LogP contribution in [0.4, 0.5) is 5.82 Å². The molecule has 2 rings (SSSR count). The number of hydrogen-bond acceptors (Lipinski definition) is 5. The minimum atomic E-state index is -0.171. The van der Waals surface area contributed by atoms with Crippen molar-refractivity contribution in [2.24, 2.45) is 0 Å². The van der Waals surface area contributed by atoms with Gasteiger partial charge in [-0.05, 0) is 31.7 Å². The summed E-state index contributed by atoms with van der Waals surface area (Å²) in [6.07, 6.45) is 4.76. The van der Waals surface area contributed by atoms with Crippen LogP contribution in [-0.2, 0) is 0 Å². The zero-order chi connectivity index (χ0) is 11.4. The van der Waals surface area contributed by atoms with Crippen LogP contribution in [0.25, 0.3) is 0 Å². The van der Waals surface area contributed by atoms with E-state index < -0.39 is 0 Å². The third-order valence-electron chi connectivity index (χ3n) is 2.88. The van der Waals surface area contributed by atoms with Gasteiger partial charge in [0.1, 0.15) is 6.07 Å². The van der Waals surface area contributed by atoms with E-state index in [1.165, 1.54) is 6.20 Å². The average Bonchev–Trinajstić information content (AvgIpc) is 2.33. The van der Waals surface area contributed by atoms with Gasteiger partial charge in [0, 0.05) is 6.04 Å². The van der Waals surface area contributed by atoms with Crippen molar-refractivity contribution in [3.05, 3.63) is 17.8 Å². The highest BCUT2D eigenvalue weighted by atomic mass is 16.3. The van der Waals surface area contributed by atoms with Crippen molar-refractivity contribution >= 4 is 5.82 Å². The molecule has 1 aromatic rings.